The van der Waals surface area contributed by atoms with E-state index in [0.29, 0.717) is 5.39 Å². The van der Waals surface area contributed by atoms with E-state index in [2.05, 4.69) is 11.7 Å². The van der Waals surface area contributed by atoms with Gasteiger partial charge in [-0.3, -0.25) is 4.74 Å². The van der Waals surface area contributed by atoms with Crippen LogP contribution in [-0.2, 0) is 0 Å². The van der Waals surface area contributed by atoms with Crippen LogP contribution in [0.1, 0.15) is 26.2 Å². The first-order valence-corrected chi connectivity index (χ1v) is 8.37. The lowest BCUT2D eigenvalue weighted by Gasteiger charge is -2.08. The minimum absolute atomic E-state index is 0.00617. The van der Waals surface area contributed by atoms with Crippen LogP contribution in [0.25, 0.3) is 10.8 Å². The van der Waals surface area contributed by atoms with Gasteiger partial charge in [-0.05, 0) is 24.3 Å². The minimum atomic E-state index is -4.89. The fourth-order valence-corrected chi connectivity index (χ4v) is 3.22. The number of carbonyl (C=O) groups excluding carboxylic acids is 1. The highest BCUT2D eigenvalue weighted by Gasteiger charge is 2.50. The Morgan fingerprint density at radius 2 is 1.78 bits per heavy atom. The van der Waals surface area contributed by atoms with Gasteiger partial charge in [0.2, 0.25) is 0 Å². The number of halogens is 3. The molecule has 0 atom stereocenters. The highest BCUT2D eigenvalue weighted by molar-refractivity contribution is 7.99. The fraction of sp³-hybridized carbons (Fsp3) is 0.353. The van der Waals surface area contributed by atoms with Gasteiger partial charge in [0.1, 0.15) is 0 Å². The second-order valence-corrected chi connectivity index (χ2v) is 6.20. The van der Waals surface area contributed by atoms with Crippen LogP contribution in [-0.4, -0.2) is 22.7 Å². The third-order valence-electron chi connectivity index (χ3n) is 3.30. The van der Waals surface area contributed by atoms with E-state index in [9.17, 15) is 13.2 Å². The molecule has 0 saturated heterocycles. The van der Waals surface area contributed by atoms with Crippen LogP contribution in [0.15, 0.2) is 41.3 Å². The van der Waals surface area contributed by atoms with Gasteiger partial charge >= 0.3 is 12.1 Å². The predicted molar refractivity (Wildman–Crippen MR) is 87.8 cm³/mol. The Morgan fingerprint density at radius 3 is 2.43 bits per heavy atom. The normalized spacial score (nSPS) is 11.7. The largest absolute Gasteiger partial charge is 0.600 e. The topological polar surface area (TPSA) is 30.6 Å². The zero-order valence-corrected chi connectivity index (χ0v) is 13.5. The van der Waals surface area contributed by atoms with Crippen molar-refractivity contribution in [2.75, 3.05) is 5.75 Å². The summed E-state index contributed by atoms with van der Waals surface area (Å²) in [6.45, 7) is 2.13. The molecule has 0 fully saturated rings. The van der Waals surface area contributed by atoms with Gasteiger partial charge < -0.3 is 4.79 Å². The van der Waals surface area contributed by atoms with Crippen LogP contribution >= 0.6 is 11.8 Å². The molecule has 6 heteroatoms. The van der Waals surface area contributed by atoms with Crippen LogP contribution in [0.4, 0.5) is 13.2 Å². The van der Waals surface area contributed by atoms with Crippen molar-refractivity contribution in [3.8, 4) is 5.75 Å². The zero-order chi connectivity index (χ0) is 16.9. The maximum absolute atomic E-state index is 12.4. The molecule has 0 radical (unpaired) electrons. The van der Waals surface area contributed by atoms with E-state index >= 15 is 0 Å². The lowest BCUT2D eigenvalue weighted by atomic mass is 10.1. The minimum Gasteiger partial charge on any atom is -0.331 e. The number of esters is 1. The second kappa shape index (κ2) is 7.73. The Kier molecular flexibility index (Phi) is 5.93. The lowest BCUT2D eigenvalue weighted by molar-refractivity contribution is -0.0783. The molecule has 2 aromatic rings. The van der Waals surface area contributed by atoms with Crippen molar-refractivity contribution in [1.82, 2.24) is 0 Å². The molecule has 0 spiro atoms. The van der Waals surface area contributed by atoms with E-state index in [1.807, 2.05) is 12.1 Å². The Bertz CT molecular complexity index is 683. The molecule has 0 aliphatic carbocycles. The van der Waals surface area contributed by atoms with E-state index in [1.165, 1.54) is 6.07 Å². The first-order chi connectivity index (χ1) is 10.9. The summed E-state index contributed by atoms with van der Waals surface area (Å²) in [4.78, 5) is 10.0. The van der Waals surface area contributed by atoms with Gasteiger partial charge in [0.15, 0.2) is 0 Å². The molecule has 2 rings (SSSR count). The summed E-state index contributed by atoms with van der Waals surface area (Å²) >= 11 is 1.68. The molecular formula is C17H18F3O2S+. The highest BCUT2D eigenvalue weighted by Crippen LogP contribution is 2.35. The first-order valence-electron chi connectivity index (χ1n) is 7.39. The fourth-order valence-electron chi connectivity index (χ4n) is 2.15. The molecular weight excluding hydrogens is 325 g/mol. The van der Waals surface area contributed by atoms with Gasteiger partial charge in [-0.2, -0.15) is 13.2 Å². The number of unbranched alkanes of at least 4 members (excludes halogenated alkanes) is 2. The molecule has 124 valence electrons. The Balaban J connectivity index is 2.26. The Hall–Kier alpha value is -1.69. The summed E-state index contributed by atoms with van der Waals surface area (Å²) in [5.74, 6) is -1.00. The van der Waals surface area contributed by atoms with Crippen molar-refractivity contribution in [3.63, 3.8) is 0 Å². The van der Waals surface area contributed by atoms with Gasteiger partial charge in [0, 0.05) is 16.3 Å². The zero-order valence-electron chi connectivity index (χ0n) is 12.7. The molecule has 0 amide bonds. The highest BCUT2D eigenvalue weighted by atomic mass is 32.2. The van der Waals surface area contributed by atoms with Crippen LogP contribution in [0.2, 0.25) is 0 Å². The third kappa shape index (κ3) is 4.64. The molecule has 0 saturated carbocycles. The molecule has 23 heavy (non-hydrogen) atoms. The summed E-state index contributed by atoms with van der Waals surface area (Å²) in [5.41, 5.74) is 0. The van der Waals surface area contributed by atoms with Gasteiger partial charge in [-0.15, -0.1) is 11.8 Å². The maximum atomic E-state index is 12.4. The first kappa shape index (κ1) is 17.7. The van der Waals surface area contributed by atoms with Gasteiger partial charge in [-0.25, -0.2) is 0 Å². The Morgan fingerprint density at radius 1 is 1.09 bits per heavy atom. The Labute approximate surface area is 137 Å². The van der Waals surface area contributed by atoms with Crippen molar-refractivity contribution in [2.45, 2.75) is 37.3 Å². The third-order valence-corrected chi connectivity index (χ3v) is 4.46. The SMILES string of the molecule is CCCCCSc1ccc(OC(=[OH+])C(F)(F)F)c2ccccc12. The van der Waals surface area contributed by atoms with Crippen LogP contribution < -0.4 is 4.74 Å². The molecule has 1 N–H and O–H groups in total. The number of benzene rings is 2. The number of fused-ring (bicyclic) bond motifs is 1. The van der Waals surface area contributed by atoms with Gasteiger partial charge in [0.25, 0.3) is 5.75 Å². The summed E-state index contributed by atoms with van der Waals surface area (Å²) < 4.78 is 41.9. The molecule has 0 heterocycles. The predicted octanol–water partition coefficient (Wildman–Crippen LogP) is 5.57. The van der Waals surface area contributed by atoms with E-state index in [0.717, 1.165) is 35.3 Å². The van der Waals surface area contributed by atoms with E-state index in [1.54, 1.807) is 30.0 Å². The maximum Gasteiger partial charge on any atom is 0.600 e. The van der Waals surface area contributed by atoms with Crippen molar-refractivity contribution >= 4 is 28.5 Å². The average Bonchev–Trinajstić information content (AvgIpc) is 2.52. The van der Waals surface area contributed by atoms with Gasteiger partial charge in [0.05, 0.1) is 5.39 Å². The quantitative estimate of drug-likeness (QED) is 0.226. The molecule has 0 unspecified atom stereocenters. The second-order valence-electron chi connectivity index (χ2n) is 5.07. The van der Waals surface area contributed by atoms with Crippen molar-refractivity contribution in [1.29, 1.82) is 0 Å². The number of thioether (sulfide) groups is 1. The smallest absolute Gasteiger partial charge is 0.331 e. The van der Waals surface area contributed by atoms with E-state index < -0.39 is 12.1 Å². The standard InChI is InChI=1S/C17H17F3O2S/c1-2-3-6-11-23-15-10-9-14(22-16(21)17(18,19)20)12-7-4-5-8-13(12)15/h4-5,7-10H,2-3,6,11H2,1H3/p+1. The van der Waals surface area contributed by atoms with Crippen molar-refractivity contribution < 1.29 is 22.7 Å². The molecule has 0 aliphatic rings. The summed E-state index contributed by atoms with van der Waals surface area (Å²) in [6, 6.07) is 10.3. The van der Waals surface area contributed by atoms with Crippen molar-refractivity contribution in [2.24, 2.45) is 0 Å². The summed E-state index contributed by atoms with van der Waals surface area (Å²) in [5, 5.41) is 1.37. The van der Waals surface area contributed by atoms with Crippen LogP contribution in [0.3, 0.4) is 0 Å². The molecule has 2 nitrogen and oxygen atoms in total. The summed E-state index contributed by atoms with van der Waals surface area (Å²) in [6.07, 6.45) is -1.51. The number of hydrogen-bond donors (Lipinski definition) is 0. The van der Waals surface area contributed by atoms with Gasteiger partial charge in [-0.1, -0.05) is 38.0 Å². The van der Waals surface area contributed by atoms with Crippen LogP contribution in [0.5, 0.6) is 5.75 Å². The molecule has 2 aromatic carbocycles. The lowest BCUT2D eigenvalue weighted by Crippen LogP contribution is -2.28. The monoisotopic (exact) mass is 343 g/mol. The van der Waals surface area contributed by atoms with E-state index in [4.69, 9.17) is 4.79 Å². The number of ether oxygens (including phenoxy) is 1. The number of hydrogen-bond acceptors (Lipinski definition) is 2. The average molecular weight is 343 g/mol. The number of alkyl halides is 3. The molecule has 0 aliphatic heterocycles. The molecule has 0 bridgehead atoms. The molecule has 0 aromatic heterocycles. The number of rotatable bonds is 6. The van der Waals surface area contributed by atoms with Crippen molar-refractivity contribution in [3.05, 3.63) is 36.4 Å². The summed E-state index contributed by atoms with van der Waals surface area (Å²) in [7, 11) is 0. The van der Waals surface area contributed by atoms with E-state index in [-0.39, 0.29) is 5.75 Å². The van der Waals surface area contributed by atoms with Crippen LogP contribution in [0, 0.1) is 0 Å².